The van der Waals surface area contributed by atoms with Gasteiger partial charge in [0.15, 0.2) is 0 Å². The van der Waals surface area contributed by atoms with Crippen molar-refractivity contribution in [2.75, 3.05) is 40.3 Å². The number of aromatic nitrogens is 4. The summed E-state index contributed by atoms with van der Waals surface area (Å²) in [5.74, 6) is -0.519. The van der Waals surface area contributed by atoms with Gasteiger partial charge in [0.05, 0.1) is 45.6 Å². The van der Waals surface area contributed by atoms with Crippen LogP contribution < -0.4 is 22.1 Å². The third kappa shape index (κ3) is 7.85. The summed E-state index contributed by atoms with van der Waals surface area (Å²) in [6.45, 7) is 3.32. The van der Waals surface area contributed by atoms with E-state index >= 15 is 0 Å². The molecule has 0 saturated carbocycles. The van der Waals surface area contributed by atoms with Crippen LogP contribution in [0.4, 0.5) is 0 Å². The number of carbonyl (C=O) groups excluding carboxylic acids is 2. The first kappa shape index (κ1) is 30.8. The molecule has 0 aromatic carbocycles. The highest BCUT2D eigenvalue weighted by molar-refractivity contribution is 5.96. The van der Waals surface area contributed by atoms with Crippen molar-refractivity contribution in [3.63, 3.8) is 0 Å². The Hall–Kier alpha value is -4.62. The molecule has 5 rings (SSSR count). The topological polar surface area (TPSA) is 168 Å². The highest BCUT2D eigenvalue weighted by Gasteiger charge is 2.18. The minimum Gasteiger partial charge on any atom is -0.351 e. The van der Waals surface area contributed by atoms with Gasteiger partial charge >= 0.3 is 0 Å². The molecule has 0 fully saturated rings. The number of pyridine rings is 4. The van der Waals surface area contributed by atoms with Crippen molar-refractivity contribution in [2.45, 2.75) is 26.2 Å². The maximum absolute atomic E-state index is 13.1. The molecule has 228 valence electrons. The number of carbonyl (C=O) groups is 2. The van der Waals surface area contributed by atoms with Crippen LogP contribution >= 0.6 is 0 Å². The molecule has 2 amide bonds. The van der Waals surface area contributed by atoms with Crippen molar-refractivity contribution in [2.24, 2.45) is 11.5 Å². The number of hydrogen-bond donors (Lipinski definition) is 4. The summed E-state index contributed by atoms with van der Waals surface area (Å²) in [7, 11) is 3.95. The van der Waals surface area contributed by atoms with Crippen LogP contribution in [0.25, 0.3) is 22.8 Å². The van der Waals surface area contributed by atoms with E-state index in [0.717, 1.165) is 22.8 Å². The number of amides is 2. The number of rotatable bonds is 6. The fourth-order valence-electron chi connectivity index (χ4n) is 5.08. The molecule has 44 heavy (non-hydrogen) atoms. The van der Waals surface area contributed by atoms with E-state index in [2.05, 4.69) is 20.4 Å². The van der Waals surface area contributed by atoms with E-state index in [4.69, 9.17) is 31.4 Å². The molecule has 5 heterocycles. The van der Waals surface area contributed by atoms with Gasteiger partial charge in [0.25, 0.3) is 11.8 Å². The summed E-state index contributed by atoms with van der Waals surface area (Å²) in [6.07, 6.45) is 0. The van der Waals surface area contributed by atoms with Crippen molar-refractivity contribution in [3.05, 3.63) is 94.6 Å². The van der Waals surface area contributed by atoms with Crippen molar-refractivity contribution in [1.29, 1.82) is 0 Å². The van der Waals surface area contributed by atoms with E-state index in [1.54, 1.807) is 24.3 Å². The fourth-order valence-corrected chi connectivity index (χ4v) is 5.08. The monoisotopic (exact) mass is 594 g/mol. The maximum atomic E-state index is 13.1. The first-order valence-corrected chi connectivity index (χ1v) is 14.6. The Morgan fingerprint density at radius 2 is 1.00 bits per heavy atom. The zero-order valence-electron chi connectivity index (χ0n) is 25.1. The average molecular weight is 595 g/mol. The van der Waals surface area contributed by atoms with E-state index in [1.165, 1.54) is 0 Å². The molecule has 1 aliphatic heterocycles. The first-order chi connectivity index (χ1) is 21.3. The van der Waals surface area contributed by atoms with E-state index in [9.17, 15) is 9.59 Å². The van der Waals surface area contributed by atoms with Crippen molar-refractivity contribution >= 4 is 11.8 Å². The van der Waals surface area contributed by atoms with Gasteiger partial charge in [-0.15, -0.1) is 0 Å². The van der Waals surface area contributed by atoms with Gasteiger partial charge in [0.2, 0.25) is 0 Å². The minimum absolute atomic E-state index is 0.259. The molecule has 0 radical (unpaired) electrons. The first-order valence-electron chi connectivity index (χ1n) is 14.6. The van der Waals surface area contributed by atoms with Crippen LogP contribution in [0.2, 0.25) is 0 Å². The maximum Gasteiger partial charge on any atom is 0.251 e. The van der Waals surface area contributed by atoms with Gasteiger partial charge < -0.3 is 22.1 Å². The number of hydrogen-bond acceptors (Lipinski definition) is 10. The molecule has 0 spiro atoms. The Morgan fingerprint density at radius 1 is 0.614 bits per heavy atom. The zero-order chi connectivity index (χ0) is 31.1. The quantitative estimate of drug-likeness (QED) is 0.257. The Balaban J connectivity index is 1.62. The van der Waals surface area contributed by atoms with Crippen molar-refractivity contribution < 1.29 is 9.59 Å². The summed E-state index contributed by atoms with van der Waals surface area (Å²) in [5.41, 5.74) is 17.8. The molecule has 0 atom stereocenters. The predicted octanol–water partition coefficient (Wildman–Crippen LogP) is 1.56. The second-order valence-electron chi connectivity index (χ2n) is 10.9. The lowest BCUT2D eigenvalue weighted by molar-refractivity contribution is 0.0946. The van der Waals surface area contributed by atoms with Crippen LogP contribution in [0.15, 0.2) is 60.7 Å². The lowest BCUT2D eigenvalue weighted by atomic mass is 10.1. The fraction of sp³-hybridized carbons (Fsp3) is 0.312. The van der Waals surface area contributed by atoms with Crippen molar-refractivity contribution in [1.82, 2.24) is 40.4 Å². The summed E-state index contributed by atoms with van der Waals surface area (Å²) < 4.78 is 0. The van der Waals surface area contributed by atoms with E-state index < -0.39 is 0 Å². The molecule has 6 N–H and O–H groups in total. The predicted molar refractivity (Wildman–Crippen MR) is 168 cm³/mol. The second-order valence-corrected chi connectivity index (χ2v) is 10.9. The molecule has 4 aromatic heterocycles. The summed E-state index contributed by atoms with van der Waals surface area (Å²) in [4.78, 5) is 49.9. The Kier molecular flexibility index (Phi) is 9.97. The average Bonchev–Trinajstić information content (AvgIpc) is 3.01. The standard InChI is InChI=1S/C32H38N10O2/c1-41-17-23-5-3-7-27(37-23)28-8-4-6-24(38-28)18-42(2)20-26-14-22(32(44)36-12-10-34)16-30(40-26)29-15-21(13-25(19-41)39-29)31(43)35-11-9-33/h3-8,13-16H,9-12,17-20,33-34H2,1-2H3,(H,35,43)(H,36,44). The van der Waals surface area contributed by atoms with Gasteiger partial charge in [0.1, 0.15) is 0 Å². The Morgan fingerprint density at radius 3 is 1.41 bits per heavy atom. The number of nitrogens with two attached hydrogens (primary N) is 2. The van der Waals surface area contributed by atoms with Gasteiger partial charge in [-0.05, 0) is 62.6 Å². The highest BCUT2D eigenvalue weighted by Crippen LogP contribution is 2.23. The smallest absolute Gasteiger partial charge is 0.251 e. The molecule has 8 bridgehead atoms. The largest absolute Gasteiger partial charge is 0.351 e. The Labute approximate surface area is 256 Å². The van der Waals surface area contributed by atoms with E-state index in [-0.39, 0.29) is 11.8 Å². The molecular weight excluding hydrogens is 556 g/mol. The number of fused-ring (bicyclic) bond motifs is 10. The SMILES string of the molecule is CN1Cc2cccc(n2)-c2cccc(n2)CN(C)Cc2cc(C(=O)NCCN)cc(n2)-c2cc(C(=O)NCCN)cc(n2)C1. The van der Waals surface area contributed by atoms with E-state index in [0.29, 0.717) is 86.3 Å². The third-order valence-corrected chi connectivity index (χ3v) is 7.01. The van der Waals surface area contributed by atoms with Crippen LogP contribution in [-0.2, 0) is 26.2 Å². The summed E-state index contributed by atoms with van der Waals surface area (Å²) in [5, 5.41) is 5.69. The molecule has 12 heteroatoms. The van der Waals surface area contributed by atoms with E-state index in [1.807, 2.05) is 50.5 Å². The third-order valence-electron chi connectivity index (χ3n) is 7.01. The van der Waals surface area contributed by atoms with Crippen LogP contribution in [-0.4, -0.2) is 81.8 Å². The van der Waals surface area contributed by atoms with Gasteiger partial charge in [-0.2, -0.15) is 0 Å². The van der Waals surface area contributed by atoms with Gasteiger partial charge in [-0.25, -0.2) is 19.9 Å². The Bertz CT molecular complexity index is 1520. The highest BCUT2D eigenvalue weighted by atomic mass is 16.2. The van der Waals surface area contributed by atoms with Crippen LogP contribution in [0.3, 0.4) is 0 Å². The molecule has 0 unspecified atom stereocenters. The zero-order valence-corrected chi connectivity index (χ0v) is 25.1. The number of nitrogens with zero attached hydrogens (tertiary/aromatic N) is 6. The molecule has 4 aromatic rings. The normalized spacial score (nSPS) is 13.9. The molecule has 12 nitrogen and oxygen atoms in total. The minimum atomic E-state index is -0.259. The number of nitrogens with one attached hydrogen (secondary N) is 2. The van der Waals surface area contributed by atoms with Crippen LogP contribution in [0.1, 0.15) is 43.5 Å². The second kappa shape index (κ2) is 14.2. The van der Waals surface area contributed by atoms with Gasteiger partial charge in [-0.3, -0.25) is 19.4 Å². The molecule has 1 aliphatic rings. The summed E-state index contributed by atoms with van der Waals surface area (Å²) in [6, 6.07) is 18.8. The van der Waals surface area contributed by atoms with Crippen LogP contribution in [0.5, 0.6) is 0 Å². The van der Waals surface area contributed by atoms with Gasteiger partial charge in [0, 0.05) is 63.5 Å². The summed E-state index contributed by atoms with van der Waals surface area (Å²) >= 11 is 0. The molecule has 0 aliphatic carbocycles. The van der Waals surface area contributed by atoms with Crippen LogP contribution in [0, 0.1) is 0 Å². The van der Waals surface area contributed by atoms with Gasteiger partial charge in [-0.1, -0.05) is 12.1 Å². The lowest BCUT2D eigenvalue weighted by Crippen LogP contribution is -2.29. The lowest BCUT2D eigenvalue weighted by Gasteiger charge is -2.19. The molecular formula is C32H38N10O2. The molecule has 0 saturated heterocycles. The van der Waals surface area contributed by atoms with Crippen molar-refractivity contribution in [3.8, 4) is 22.8 Å².